The minimum absolute atomic E-state index is 0.0430. The van der Waals surface area contributed by atoms with Crippen LogP contribution in [0.25, 0.3) is 0 Å². The molecule has 0 aromatic heterocycles. The van der Waals surface area contributed by atoms with Crippen LogP contribution in [0, 0.1) is 13.8 Å². The van der Waals surface area contributed by atoms with Gasteiger partial charge in [0.15, 0.2) is 0 Å². The molecule has 0 fully saturated rings. The van der Waals surface area contributed by atoms with Gasteiger partial charge in [-0.05, 0) is 25.0 Å². The highest BCUT2D eigenvalue weighted by Crippen LogP contribution is 2.12. The van der Waals surface area contributed by atoms with Gasteiger partial charge in [0.05, 0.1) is 0 Å². The minimum atomic E-state index is -0.0439. The van der Waals surface area contributed by atoms with Crippen LogP contribution in [0.3, 0.4) is 0 Å². The van der Waals surface area contributed by atoms with Crippen molar-refractivity contribution in [2.45, 2.75) is 20.4 Å². The first kappa shape index (κ1) is 12.1. The molecule has 0 spiro atoms. The van der Waals surface area contributed by atoms with Crippen molar-refractivity contribution in [2.24, 2.45) is 0 Å². The summed E-state index contributed by atoms with van der Waals surface area (Å²) in [6.07, 6.45) is 0. The summed E-state index contributed by atoms with van der Waals surface area (Å²) in [6, 6.07) is 6.25. The van der Waals surface area contributed by atoms with Crippen LogP contribution in [0.15, 0.2) is 18.2 Å². The standard InChI is InChI=1S/C12H16ClNO/c1-9-4-5-10(2)11(6-9)8-14(3)12(15)7-13/h4-6H,7-8H2,1-3H3. The third-order valence-corrected chi connectivity index (χ3v) is 2.68. The van der Waals surface area contributed by atoms with E-state index < -0.39 is 0 Å². The van der Waals surface area contributed by atoms with E-state index in [2.05, 4.69) is 18.2 Å². The van der Waals surface area contributed by atoms with Crippen LogP contribution in [-0.2, 0) is 11.3 Å². The predicted molar refractivity (Wildman–Crippen MR) is 63.1 cm³/mol. The highest BCUT2D eigenvalue weighted by atomic mass is 35.5. The third-order valence-electron chi connectivity index (χ3n) is 2.45. The number of aryl methyl sites for hydroxylation is 2. The molecule has 1 amide bonds. The Kier molecular flexibility index (Phi) is 4.15. The number of amides is 1. The van der Waals surface area contributed by atoms with Crippen LogP contribution in [-0.4, -0.2) is 23.7 Å². The molecule has 0 bridgehead atoms. The van der Waals surface area contributed by atoms with Gasteiger partial charge in [0.25, 0.3) is 0 Å². The summed E-state index contributed by atoms with van der Waals surface area (Å²) >= 11 is 5.49. The molecule has 2 nitrogen and oxygen atoms in total. The largest absolute Gasteiger partial charge is 0.340 e. The van der Waals surface area contributed by atoms with Gasteiger partial charge in [0.2, 0.25) is 5.91 Å². The number of benzene rings is 1. The van der Waals surface area contributed by atoms with E-state index in [4.69, 9.17) is 11.6 Å². The van der Waals surface area contributed by atoms with Gasteiger partial charge in [0.1, 0.15) is 5.88 Å². The second kappa shape index (κ2) is 5.17. The first-order valence-electron chi connectivity index (χ1n) is 4.90. The first-order valence-corrected chi connectivity index (χ1v) is 5.44. The summed E-state index contributed by atoms with van der Waals surface area (Å²) in [5, 5.41) is 0. The number of halogens is 1. The van der Waals surface area contributed by atoms with Gasteiger partial charge in [-0.15, -0.1) is 11.6 Å². The lowest BCUT2D eigenvalue weighted by molar-refractivity contribution is -0.127. The van der Waals surface area contributed by atoms with Crippen molar-refractivity contribution < 1.29 is 4.79 Å². The smallest absolute Gasteiger partial charge is 0.237 e. The molecule has 0 N–H and O–H groups in total. The fraction of sp³-hybridized carbons (Fsp3) is 0.417. The quantitative estimate of drug-likeness (QED) is 0.724. The molecule has 0 aliphatic carbocycles. The molecule has 0 aliphatic rings. The van der Waals surface area contributed by atoms with E-state index in [0.29, 0.717) is 6.54 Å². The molecule has 0 unspecified atom stereocenters. The van der Waals surface area contributed by atoms with Crippen molar-refractivity contribution in [1.29, 1.82) is 0 Å². The molecule has 0 saturated heterocycles. The molecule has 0 radical (unpaired) electrons. The molecule has 15 heavy (non-hydrogen) atoms. The number of rotatable bonds is 3. The maximum Gasteiger partial charge on any atom is 0.237 e. The predicted octanol–water partition coefficient (Wildman–Crippen LogP) is 2.50. The Morgan fingerprint density at radius 1 is 1.40 bits per heavy atom. The second-order valence-electron chi connectivity index (χ2n) is 3.81. The molecule has 0 heterocycles. The van der Waals surface area contributed by atoms with Gasteiger partial charge in [-0.3, -0.25) is 4.79 Å². The maximum absolute atomic E-state index is 11.3. The Morgan fingerprint density at radius 3 is 2.67 bits per heavy atom. The third kappa shape index (κ3) is 3.24. The van der Waals surface area contributed by atoms with Gasteiger partial charge in [-0.1, -0.05) is 23.8 Å². The van der Waals surface area contributed by atoms with Crippen molar-refractivity contribution in [1.82, 2.24) is 4.90 Å². The Bertz CT molecular complexity index is 363. The monoisotopic (exact) mass is 225 g/mol. The van der Waals surface area contributed by atoms with Crippen molar-refractivity contribution in [2.75, 3.05) is 12.9 Å². The molecule has 1 aromatic carbocycles. The summed E-state index contributed by atoms with van der Waals surface area (Å²) in [4.78, 5) is 13.0. The number of carbonyl (C=O) groups is 1. The highest BCUT2D eigenvalue weighted by molar-refractivity contribution is 6.27. The van der Waals surface area contributed by atoms with Crippen LogP contribution in [0.2, 0.25) is 0 Å². The fourth-order valence-electron chi connectivity index (χ4n) is 1.42. The molecule has 1 aromatic rings. The SMILES string of the molecule is Cc1ccc(C)c(CN(C)C(=O)CCl)c1. The Morgan fingerprint density at radius 2 is 2.07 bits per heavy atom. The van der Waals surface area contributed by atoms with E-state index in [-0.39, 0.29) is 11.8 Å². The van der Waals surface area contributed by atoms with Crippen LogP contribution in [0.1, 0.15) is 16.7 Å². The first-order chi connectivity index (χ1) is 7.04. The van der Waals surface area contributed by atoms with Crippen LogP contribution < -0.4 is 0 Å². The normalized spacial score (nSPS) is 10.1. The molecule has 1 rings (SSSR count). The van der Waals surface area contributed by atoms with Crippen molar-refractivity contribution in [3.63, 3.8) is 0 Å². The summed E-state index contributed by atoms with van der Waals surface area (Å²) in [6.45, 7) is 4.72. The Balaban J connectivity index is 2.80. The van der Waals surface area contributed by atoms with Crippen molar-refractivity contribution in [3.8, 4) is 0 Å². The lowest BCUT2D eigenvalue weighted by Gasteiger charge is -2.17. The molecule has 3 heteroatoms. The lowest BCUT2D eigenvalue weighted by atomic mass is 10.1. The van der Waals surface area contributed by atoms with E-state index in [0.717, 1.165) is 0 Å². The van der Waals surface area contributed by atoms with E-state index >= 15 is 0 Å². The van der Waals surface area contributed by atoms with Gasteiger partial charge >= 0.3 is 0 Å². The van der Waals surface area contributed by atoms with Crippen LogP contribution in [0.4, 0.5) is 0 Å². The molecular weight excluding hydrogens is 210 g/mol. The summed E-state index contributed by atoms with van der Waals surface area (Å²) in [5.41, 5.74) is 3.59. The lowest BCUT2D eigenvalue weighted by Crippen LogP contribution is -2.27. The molecule has 0 aliphatic heterocycles. The topological polar surface area (TPSA) is 20.3 Å². The number of hydrogen-bond donors (Lipinski definition) is 0. The zero-order valence-corrected chi connectivity index (χ0v) is 10.1. The summed E-state index contributed by atoms with van der Waals surface area (Å²) < 4.78 is 0. The van der Waals surface area contributed by atoms with E-state index in [9.17, 15) is 4.79 Å². The second-order valence-corrected chi connectivity index (χ2v) is 4.08. The average Bonchev–Trinajstić information content (AvgIpc) is 2.22. The zero-order chi connectivity index (χ0) is 11.4. The van der Waals surface area contributed by atoms with Gasteiger partial charge in [0, 0.05) is 13.6 Å². The van der Waals surface area contributed by atoms with Crippen LogP contribution >= 0.6 is 11.6 Å². The van der Waals surface area contributed by atoms with E-state index in [1.165, 1.54) is 16.7 Å². The number of nitrogens with zero attached hydrogens (tertiary/aromatic N) is 1. The molecule has 0 atom stereocenters. The van der Waals surface area contributed by atoms with Crippen molar-refractivity contribution >= 4 is 17.5 Å². The van der Waals surface area contributed by atoms with E-state index in [1.807, 2.05) is 13.8 Å². The number of alkyl halides is 1. The highest BCUT2D eigenvalue weighted by Gasteiger charge is 2.08. The van der Waals surface area contributed by atoms with Gasteiger partial charge in [-0.25, -0.2) is 0 Å². The Hall–Kier alpha value is -1.02. The van der Waals surface area contributed by atoms with Crippen molar-refractivity contribution in [3.05, 3.63) is 34.9 Å². The summed E-state index contributed by atoms with van der Waals surface area (Å²) in [7, 11) is 1.77. The molecule has 0 saturated carbocycles. The zero-order valence-electron chi connectivity index (χ0n) is 9.38. The van der Waals surface area contributed by atoms with E-state index in [1.54, 1.807) is 11.9 Å². The minimum Gasteiger partial charge on any atom is -0.340 e. The molecular formula is C12H16ClNO. The summed E-state index contributed by atoms with van der Waals surface area (Å²) in [5.74, 6) is -0.000895. The number of carbonyl (C=O) groups excluding carboxylic acids is 1. The Labute approximate surface area is 95.8 Å². The maximum atomic E-state index is 11.3. The van der Waals surface area contributed by atoms with Gasteiger partial charge in [-0.2, -0.15) is 0 Å². The fourth-order valence-corrected chi connectivity index (χ4v) is 1.62. The number of hydrogen-bond acceptors (Lipinski definition) is 1. The average molecular weight is 226 g/mol. The molecule has 82 valence electrons. The van der Waals surface area contributed by atoms with Gasteiger partial charge < -0.3 is 4.90 Å². The van der Waals surface area contributed by atoms with Crippen LogP contribution in [0.5, 0.6) is 0 Å².